The van der Waals surface area contributed by atoms with Gasteiger partial charge in [0.1, 0.15) is 16.8 Å². The predicted octanol–water partition coefficient (Wildman–Crippen LogP) is 6.08. The Hall–Kier alpha value is -2.83. The second-order valence-electron chi connectivity index (χ2n) is 9.33. The predicted molar refractivity (Wildman–Crippen MR) is 141 cm³/mol. The van der Waals surface area contributed by atoms with Crippen molar-refractivity contribution in [3.8, 4) is 23.2 Å². The fraction of sp³-hybridized carbons (Fsp3) is 0.462. The molecule has 2 heterocycles. The molecule has 3 aromatic rings. The van der Waals surface area contributed by atoms with Crippen molar-refractivity contribution in [1.29, 1.82) is 5.26 Å². The van der Waals surface area contributed by atoms with Crippen LogP contribution in [0.1, 0.15) is 56.5 Å². The molecule has 0 spiro atoms. The second kappa shape index (κ2) is 10.8. The van der Waals surface area contributed by atoms with Gasteiger partial charge in [-0.3, -0.25) is 9.89 Å². The number of carbonyl (C=O) groups excluding carboxylic acids is 1. The van der Waals surface area contributed by atoms with Crippen LogP contribution in [0.3, 0.4) is 0 Å². The van der Waals surface area contributed by atoms with E-state index in [9.17, 15) is 10.1 Å². The van der Waals surface area contributed by atoms with E-state index in [2.05, 4.69) is 47.3 Å². The van der Waals surface area contributed by atoms with Gasteiger partial charge < -0.3 is 10.1 Å². The summed E-state index contributed by atoms with van der Waals surface area (Å²) in [6, 6.07) is 9.97. The third-order valence-electron chi connectivity index (χ3n) is 6.89. The van der Waals surface area contributed by atoms with Crippen molar-refractivity contribution in [1.82, 2.24) is 15.2 Å². The SMILES string of the molecule is CCOc1ccccc1-c1nc(SCC(=O)Nc2sc3c(c2C#N)CC[C@@H](C(C)(C)CC)C3)n[nH]1. The molecule has 2 N–H and O–H groups in total. The zero-order chi connectivity index (χ0) is 25.0. The van der Waals surface area contributed by atoms with Crippen LogP contribution < -0.4 is 10.1 Å². The third-order valence-corrected chi connectivity index (χ3v) is 8.90. The monoisotopic (exact) mass is 509 g/mol. The quantitative estimate of drug-likeness (QED) is 0.339. The largest absolute Gasteiger partial charge is 0.493 e. The lowest BCUT2D eigenvalue weighted by atomic mass is 9.69. The summed E-state index contributed by atoms with van der Waals surface area (Å²) in [6.45, 7) is 9.38. The number of benzene rings is 1. The molecule has 9 heteroatoms. The number of amides is 1. The van der Waals surface area contributed by atoms with Crippen molar-refractivity contribution in [2.24, 2.45) is 11.3 Å². The third kappa shape index (κ3) is 5.54. The van der Waals surface area contributed by atoms with Crippen LogP contribution >= 0.6 is 23.1 Å². The van der Waals surface area contributed by atoms with E-state index in [4.69, 9.17) is 4.74 Å². The van der Waals surface area contributed by atoms with E-state index >= 15 is 0 Å². The lowest BCUT2D eigenvalue weighted by Gasteiger charge is -2.36. The van der Waals surface area contributed by atoms with Gasteiger partial charge in [-0.05, 0) is 55.2 Å². The molecule has 1 aliphatic carbocycles. The molecule has 35 heavy (non-hydrogen) atoms. The highest BCUT2D eigenvalue weighted by atomic mass is 32.2. The lowest BCUT2D eigenvalue weighted by molar-refractivity contribution is -0.113. The number of nitrogens with zero attached hydrogens (tertiary/aromatic N) is 3. The number of thiophene rings is 1. The smallest absolute Gasteiger partial charge is 0.235 e. The van der Waals surface area contributed by atoms with Crippen LogP contribution in [0.5, 0.6) is 5.75 Å². The summed E-state index contributed by atoms with van der Waals surface area (Å²) in [4.78, 5) is 18.5. The van der Waals surface area contributed by atoms with Gasteiger partial charge in [0, 0.05) is 4.88 Å². The van der Waals surface area contributed by atoms with Crippen LogP contribution in [0.2, 0.25) is 0 Å². The number of rotatable bonds is 9. The van der Waals surface area contributed by atoms with Crippen LogP contribution in [0.25, 0.3) is 11.4 Å². The van der Waals surface area contributed by atoms with Crippen LogP contribution in [0.4, 0.5) is 5.00 Å². The summed E-state index contributed by atoms with van der Waals surface area (Å²) in [5, 5.41) is 21.1. The summed E-state index contributed by atoms with van der Waals surface area (Å²) in [5.41, 5.74) is 2.84. The van der Waals surface area contributed by atoms with Crippen molar-refractivity contribution in [3.05, 3.63) is 40.3 Å². The molecule has 1 atom stereocenters. The average Bonchev–Trinajstić information content (AvgIpc) is 3.47. The first-order valence-electron chi connectivity index (χ1n) is 12.0. The minimum absolute atomic E-state index is 0.156. The summed E-state index contributed by atoms with van der Waals surface area (Å²) in [5.74, 6) is 1.91. The highest BCUT2D eigenvalue weighted by Gasteiger charge is 2.34. The molecule has 184 valence electrons. The van der Waals surface area contributed by atoms with Gasteiger partial charge in [0.05, 0.1) is 23.5 Å². The summed E-state index contributed by atoms with van der Waals surface area (Å²) in [7, 11) is 0. The minimum Gasteiger partial charge on any atom is -0.493 e. The Bertz CT molecular complexity index is 1240. The zero-order valence-corrected chi connectivity index (χ0v) is 22.2. The number of hydrogen-bond donors (Lipinski definition) is 2. The first kappa shape index (κ1) is 25.3. The number of aromatic amines is 1. The Morgan fingerprint density at radius 2 is 2.17 bits per heavy atom. The number of aromatic nitrogens is 3. The number of anilines is 1. The molecule has 1 amide bonds. The van der Waals surface area contributed by atoms with Crippen molar-refractivity contribution in [3.63, 3.8) is 0 Å². The van der Waals surface area contributed by atoms with Gasteiger partial charge in [-0.25, -0.2) is 4.98 Å². The molecule has 0 fully saturated rings. The maximum atomic E-state index is 12.7. The van der Waals surface area contributed by atoms with E-state index < -0.39 is 0 Å². The first-order chi connectivity index (χ1) is 16.9. The van der Waals surface area contributed by atoms with Crippen molar-refractivity contribution in [2.45, 2.75) is 58.5 Å². The molecule has 1 aliphatic rings. The Morgan fingerprint density at radius 3 is 2.91 bits per heavy atom. The Kier molecular flexibility index (Phi) is 7.82. The summed E-state index contributed by atoms with van der Waals surface area (Å²) < 4.78 is 5.67. The van der Waals surface area contributed by atoms with Crippen LogP contribution in [0.15, 0.2) is 29.4 Å². The zero-order valence-electron chi connectivity index (χ0n) is 20.6. The fourth-order valence-corrected chi connectivity index (χ4v) is 6.31. The summed E-state index contributed by atoms with van der Waals surface area (Å²) >= 11 is 2.81. The van der Waals surface area contributed by atoms with Gasteiger partial charge in [-0.1, -0.05) is 51.1 Å². The number of hydrogen-bond acceptors (Lipinski definition) is 7. The topological polar surface area (TPSA) is 104 Å². The van der Waals surface area contributed by atoms with Crippen LogP contribution in [-0.4, -0.2) is 33.4 Å². The van der Waals surface area contributed by atoms with Gasteiger partial charge in [0.2, 0.25) is 11.1 Å². The van der Waals surface area contributed by atoms with Gasteiger partial charge >= 0.3 is 0 Å². The molecule has 0 unspecified atom stereocenters. The maximum Gasteiger partial charge on any atom is 0.235 e. The second-order valence-corrected chi connectivity index (χ2v) is 11.4. The highest BCUT2D eigenvalue weighted by Crippen LogP contribution is 2.45. The minimum atomic E-state index is -0.170. The van der Waals surface area contributed by atoms with Gasteiger partial charge in [0.25, 0.3) is 0 Å². The summed E-state index contributed by atoms with van der Waals surface area (Å²) in [6.07, 6.45) is 4.09. The molecule has 0 bridgehead atoms. The van der Waals surface area contributed by atoms with E-state index in [1.165, 1.54) is 16.6 Å². The molecule has 1 aromatic carbocycles. The van der Waals surface area contributed by atoms with E-state index in [0.29, 0.717) is 34.1 Å². The molecule has 2 aromatic heterocycles. The van der Waals surface area contributed by atoms with Gasteiger partial charge in [-0.2, -0.15) is 5.26 Å². The molecular weight excluding hydrogens is 478 g/mol. The van der Waals surface area contributed by atoms with Crippen molar-refractivity contribution < 1.29 is 9.53 Å². The number of carbonyl (C=O) groups is 1. The molecule has 0 saturated carbocycles. The number of para-hydroxylation sites is 1. The molecule has 0 aliphatic heterocycles. The molecule has 0 saturated heterocycles. The average molecular weight is 510 g/mol. The fourth-order valence-electron chi connectivity index (χ4n) is 4.42. The van der Waals surface area contributed by atoms with Gasteiger partial charge in [-0.15, -0.1) is 16.4 Å². The molecule has 7 nitrogen and oxygen atoms in total. The normalized spacial score (nSPS) is 15.3. The number of H-pyrrole nitrogens is 1. The van der Waals surface area contributed by atoms with E-state index in [0.717, 1.165) is 42.6 Å². The van der Waals surface area contributed by atoms with E-state index in [1.807, 2.05) is 31.2 Å². The molecular formula is C26H31N5O2S2. The van der Waals surface area contributed by atoms with Crippen LogP contribution in [-0.2, 0) is 17.6 Å². The Morgan fingerprint density at radius 1 is 1.37 bits per heavy atom. The van der Waals surface area contributed by atoms with Crippen LogP contribution in [0, 0.1) is 22.7 Å². The number of fused-ring (bicyclic) bond motifs is 1. The first-order valence-corrected chi connectivity index (χ1v) is 13.8. The van der Waals surface area contributed by atoms with E-state index in [-0.39, 0.29) is 17.1 Å². The van der Waals surface area contributed by atoms with E-state index in [1.54, 1.807) is 11.3 Å². The number of ether oxygens (including phenoxy) is 1. The lowest BCUT2D eigenvalue weighted by Crippen LogP contribution is -2.28. The standard InChI is InChI=1S/C26H31N5O2S2/c1-5-26(3,4)16-11-12-17-19(14-27)24(35-21(17)13-16)28-22(32)15-34-25-29-23(30-31-25)18-9-7-8-10-20(18)33-6-2/h7-10,16H,5-6,11-13,15H2,1-4H3,(H,28,32)(H,29,30,31)/t16-/m1/s1. The maximum absolute atomic E-state index is 12.7. The number of thioether (sulfide) groups is 1. The molecule has 4 rings (SSSR count). The van der Waals surface area contributed by atoms with Crippen molar-refractivity contribution in [2.75, 3.05) is 17.7 Å². The highest BCUT2D eigenvalue weighted by molar-refractivity contribution is 7.99. The van der Waals surface area contributed by atoms with Crippen molar-refractivity contribution >= 4 is 34.0 Å². The number of nitriles is 1. The molecule has 0 radical (unpaired) electrons. The van der Waals surface area contributed by atoms with Gasteiger partial charge in [0.15, 0.2) is 5.82 Å². The Balaban J connectivity index is 1.40. The number of nitrogens with one attached hydrogen (secondary N) is 2. The Labute approximate surface area is 214 Å².